The maximum Gasteiger partial charge on any atom is 0.152 e. The van der Waals surface area contributed by atoms with Crippen LogP contribution in [-0.4, -0.2) is 11.5 Å². The zero-order chi connectivity index (χ0) is 12.8. The number of aromatic nitrogens is 1. The van der Waals surface area contributed by atoms with Gasteiger partial charge in [0.15, 0.2) is 5.15 Å². The van der Waals surface area contributed by atoms with Gasteiger partial charge in [-0.25, -0.2) is 4.98 Å². The highest BCUT2D eigenvalue weighted by molar-refractivity contribution is 9.10. The van der Waals surface area contributed by atoms with Crippen LogP contribution in [0.2, 0.25) is 5.15 Å². The number of pyridine rings is 1. The molecule has 1 fully saturated rings. The van der Waals surface area contributed by atoms with Crippen LogP contribution >= 0.6 is 27.5 Å². The molecule has 0 aromatic carbocycles. The molecule has 1 aliphatic carbocycles. The Kier molecular flexibility index (Phi) is 5.77. The fraction of sp³-hybridized carbons (Fsp3) is 0.643. The van der Waals surface area contributed by atoms with E-state index in [1.807, 2.05) is 6.07 Å². The van der Waals surface area contributed by atoms with Crippen LogP contribution in [-0.2, 0) is 0 Å². The third-order valence-electron chi connectivity index (χ3n) is 3.61. The van der Waals surface area contributed by atoms with Crippen LogP contribution in [0.5, 0.6) is 0 Å². The van der Waals surface area contributed by atoms with Crippen molar-refractivity contribution in [1.29, 1.82) is 0 Å². The molecule has 0 unspecified atom stereocenters. The Morgan fingerprint density at radius 3 is 2.61 bits per heavy atom. The van der Waals surface area contributed by atoms with Crippen molar-refractivity contribution < 1.29 is 0 Å². The average molecular weight is 332 g/mol. The van der Waals surface area contributed by atoms with Crippen molar-refractivity contribution in [3.63, 3.8) is 0 Å². The van der Waals surface area contributed by atoms with Crippen molar-refractivity contribution in [2.45, 2.75) is 44.9 Å². The second-order valence-electron chi connectivity index (χ2n) is 5.08. The molecule has 0 aliphatic heterocycles. The molecule has 4 heteroatoms. The average Bonchev–Trinajstić information content (AvgIpc) is 2.32. The quantitative estimate of drug-likeness (QED) is 0.763. The van der Waals surface area contributed by atoms with Crippen LogP contribution in [0, 0.1) is 5.92 Å². The fourth-order valence-corrected chi connectivity index (χ4v) is 3.05. The number of hydrogen-bond acceptors (Lipinski definition) is 2. The molecule has 1 aromatic heterocycles. The third kappa shape index (κ3) is 4.43. The summed E-state index contributed by atoms with van der Waals surface area (Å²) in [7, 11) is 0. The highest BCUT2D eigenvalue weighted by atomic mass is 79.9. The van der Waals surface area contributed by atoms with E-state index in [2.05, 4.69) is 26.2 Å². The molecule has 1 N–H and O–H groups in total. The molecule has 0 atom stereocenters. The van der Waals surface area contributed by atoms with Crippen molar-refractivity contribution in [3.8, 4) is 0 Å². The van der Waals surface area contributed by atoms with E-state index < -0.39 is 0 Å². The molecule has 0 amide bonds. The van der Waals surface area contributed by atoms with Gasteiger partial charge in [-0.15, -0.1) is 0 Å². The minimum absolute atomic E-state index is 0.559. The Hall–Kier alpha value is -0.280. The summed E-state index contributed by atoms with van der Waals surface area (Å²) in [6.07, 6.45) is 11.4. The number of hydrogen-bond donors (Lipinski definition) is 1. The number of anilines is 1. The van der Waals surface area contributed by atoms with Gasteiger partial charge < -0.3 is 5.32 Å². The summed E-state index contributed by atoms with van der Waals surface area (Å²) in [6, 6.07) is 2.00. The van der Waals surface area contributed by atoms with E-state index in [0.29, 0.717) is 5.15 Å². The molecule has 1 saturated carbocycles. The van der Waals surface area contributed by atoms with E-state index in [9.17, 15) is 0 Å². The molecular formula is C14H20BrClN2. The summed E-state index contributed by atoms with van der Waals surface area (Å²) in [5, 5.41) is 4.01. The highest BCUT2D eigenvalue weighted by Crippen LogP contribution is 2.26. The van der Waals surface area contributed by atoms with E-state index in [4.69, 9.17) is 11.6 Å². The lowest BCUT2D eigenvalue weighted by molar-refractivity contribution is 0.392. The SMILES string of the molecule is Clc1ncc(Br)cc1NCC1CCCCCCC1. The highest BCUT2D eigenvalue weighted by Gasteiger charge is 2.12. The van der Waals surface area contributed by atoms with Crippen LogP contribution < -0.4 is 5.32 Å². The van der Waals surface area contributed by atoms with Crippen LogP contribution in [0.15, 0.2) is 16.7 Å². The summed E-state index contributed by atoms with van der Waals surface area (Å²) in [5.74, 6) is 0.778. The van der Waals surface area contributed by atoms with E-state index in [1.165, 1.54) is 44.9 Å². The molecule has 100 valence electrons. The molecule has 18 heavy (non-hydrogen) atoms. The van der Waals surface area contributed by atoms with Gasteiger partial charge in [0.1, 0.15) is 0 Å². The predicted octanol–water partition coefficient (Wildman–Crippen LogP) is 5.27. The first kappa shape index (κ1) is 14.1. The molecule has 1 aliphatic rings. The lowest BCUT2D eigenvalue weighted by Crippen LogP contribution is -2.16. The summed E-state index contributed by atoms with van der Waals surface area (Å²) in [5.41, 5.74) is 0.938. The monoisotopic (exact) mass is 330 g/mol. The van der Waals surface area contributed by atoms with Crippen molar-refractivity contribution >= 4 is 33.2 Å². The topological polar surface area (TPSA) is 24.9 Å². The molecule has 2 rings (SSSR count). The normalized spacial score (nSPS) is 18.1. The summed E-state index contributed by atoms with van der Waals surface area (Å²) in [4.78, 5) is 4.13. The first-order chi connectivity index (χ1) is 8.75. The van der Waals surface area contributed by atoms with Gasteiger partial charge in [0.25, 0.3) is 0 Å². The lowest BCUT2D eigenvalue weighted by atomic mass is 9.91. The predicted molar refractivity (Wildman–Crippen MR) is 81.2 cm³/mol. The van der Waals surface area contributed by atoms with Crippen LogP contribution in [0.25, 0.3) is 0 Å². The van der Waals surface area contributed by atoms with Gasteiger partial charge in [-0.1, -0.05) is 43.7 Å². The Balaban J connectivity index is 1.87. The van der Waals surface area contributed by atoms with Crippen LogP contribution in [0.4, 0.5) is 5.69 Å². The Labute approximate surface area is 123 Å². The first-order valence-corrected chi connectivity index (χ1v) is 7.98. The minimum atomic E-state index is 0.559. The van der Waals surface area contributed by atoms with Crippen LogP contribution in [0.3, 0.4) is 0 Å². The smallest absolute Gasteiger partial charge is 0.152 e. The summed E-state index contributed by atoms with van der Waals surface area (Å²) < 4.78 is 0.965. The van der Waals surface area contributed by atoms with Gasteiger partial charge in [0.05, 0.1) is 5.69 Å². The van der Waals surface area contributed by atoms with Crippen molar-refractivity contribution in [2.75, 3.05) is 11.9 Å². The number of nitrogens with one attached hydrogen (secondary N) is 1. The second kappa shape index (κ2) is 7.34. The third-order valence-corrected chi connectivity index (χ3v) is 4.35. The van der Waals surface area contributed by atoms with Gasteiger partial charge >= 0.3 is 0 Å². The molecule has 0 bridgehead atoms. The molecule has 0 saturated heterocycles. The molecule has 0 radical (unpaired) electrons. The maximum absolute atomic E-state index is 6.08. The lowest BCUT2D eigenvalue weighted by Gasteiger charge is -2.20. The largest absolute Gasteiger partial charge is 0.382 e. The summed E-state index contributed by atoms with van der Waals surface area (Å²) in [6.45, 7) is 1.01. The molecular weight excluding hydrogens is 312 g/mol. The van der Waals surface area contributed by atoms with E-state index >= 15 is 0 Å². The fourth-order valence-electron chi connectivity index (χ4n) is 2.55. The van der Waals surface area contributed by atoms with E-state index in [1.54, 1.807) is 6.20 Å². The standard InChI is InChI=1S/C14H20BrClN2/c15-12-8-13(14(16)18-10-12)17-9-11-6-4-2-1-3-5-7-11/h8,10-11,17H,1-7,9H2. The summed E-state index contributed by atoms with van der Waals surface area (Å²) >= 11 is 9.50. The van der Waals surface area contributed by atoms with E-state index in [-0.39, 0.29) is 0 Å². The van der Waals surface area contributed by atoms with E-state index in [0.717, 1.165) is 22.6 Å². The number of nitrogens with zero attached hydrogens (tertiary/aromatic N) is 1. The van der Waals surface area contributed by atoms with Crippen molar-refractivity contribution in [2.24, 2.45) is 5.92 Å². The first-order valence-electron chi connectivity index (χ1n) is 6.80. The zero-order valence-corrected chi connectivity index (χ0v) is 12.9. The van der Waals surface area contributed by atoms with Crippen molar-refractivity contribution in [1.82, 2.24) is 4.98 Å². The molecule has 1 heterocycles. The van der Waals surface area contributed by atoms with Gasteiger partial charge in [0.2, 0.25) is 0 Å². The Morgan fingerprint density at radius 2 is 1.89 bits per heavy atom. The Bertz CT molecular complexity index is 376. The molecule has 1 aromatic rings. The van der Waals surface area contributed by atoms with Crippen LogP contribution in [0.1, 0.15) is 44.9 Å². The molecule has 0 spiro atoms. The van der Waals surface area contributed by atoms with Crippen molar-refractivity contribution in [3.05, 3.63) is 21.9 Å². The zero-order valence-electron chi connectivity index (χ0n) is 10.6. The second-order valence-corrected chi connectivity index (χ2v) is 6.36. The maximum atomic E-state index is 6.08. The van der Waals surface area contributed by atoms with Gasteiger partial charge in [-0.2, -0.15) is 0 Å². The number of halogens is 2. The number of rotatable bonds is 3. The van der Waals surface area contributed by atoms with Gasteiger partial charge in [0, 0.05) is 17.2 Å². The molecule has 2 nitrogen and oxygen atoms in total. The minimum Gasteiger partial charge on any atom is -0.382 e. The van der Waals surface area contributed by atoms with Gasteiger partial charge in [-0.3, -0.25) is 0 Å². The van der Waals surface area contributed by atoms with Gasteiger partial charge in [-0.05, 0) is 40.8 Å². The Morgan fingerprint density at radius 1 is 1.22 bits per heavy atom.